The molecule has 0 aromatic heterocycles. The van der Waals surface area contributed by atoms with Crippen molar-refractivity contribution in [2.24, 2.45) is 0 Å². The molecule has 1 saturated carbocycles. The Morgan fingerprint density at radius 1 is 1.23 bits per heavy atom. The van der Waals surface area contributed by atoms with Gasteiger partial charge in [-0.3, -0.25) is 4.79 Å². The molecule has 1 aliphatic rings. The van der Waals surface area contributed by atoms with Crippen molar-refractivity contribution in [2.45, 2.75) is 44.6 Å². The first-order chi connectivity index (χ1) is 10.6. The van der Waals surface area contributed by atoms with E-state index in [2.05, 4.69) is 21.2 Å². The lowest BCUT2D eigenvalue weighted by molar-refractivity contribution is -0.125. The highest BCUT2D eigenvalue weighted by Crippen LogP contribution is 2.21. The number of benzene rings is 1. The largest absolute Gasteiger partial charge is 0.452 e. The molecule has 1 amide bonds. The lowest BCUT2D eigenvalue weighted by Gasteiger charge is -2.16. The summed E-state index contributed by atoms with van der Waals surface area (Å²) in [7, 11) is 0. The van der Waals surface area contributed by atoms with Crippen molar-refractivity contribution in [3.63, 3.8) is 0 Å². The third-order valence-corrected chi connectivity index (χ3v) is 4.53. The minimum atomic E-state index is -0.595. The van der Waals surface area contributed by atoms with Crippen molar-refractivity contribution in [1.29, 1.82) is 0 Å². The molecule has 1 N–H and O–H groups in total. The van der Waals surface area contributed by atoms with Gasteiger partial charge in [0.05, 0.1) is 10.6 Å². The van der Waals surface area contributed by atoms with E-state index in [1.54, 1.807) is 18.2 Å². The Hall–Kier alpha value is -1.07. The zero-order valence-corrected chi connectivity index (χ0v) is 14.6. The highest BCUT2D eigenvalue weighted by Gasteiger charge is 2.17. The van der Waals surface area contributed by atoms with E-state index >= 15 is 0 Å². The molecule has 2 rings (SSSR count). The Kier molecular flexibility index (Phi) is 6.70. The molecule has 0 saturated heterocycles. The maximum atomic E-state index is 12.0. The summed E-state index contributed by atoms with van der Waals surface area (Å²) >= 11 is 9.23. The highest BCUT2D eigenvalue weighted by molar-refractivity contribution is 9.10. The maximum Gasteiger partial charge on any atom is 0.340 e. The number of halogens is 2. The van der Waals surface area contributed by atoms with Gasteiger partial charge in [0.25, 0.3) is 5.91 Å². The predicted octanol–water partition coefficient (Wildman–Crippen LogP) is 4.10. The van der Waals surface area contributed by atoms with Gasteiger partial charge in [0.15, 0.2) is 6.61 Å². The van der Waals surface area contributed by atoms with Crippen LogP contribution in [0.25, 0.3) is 0 Å². The molecule has 0 unspecified atom stereocenters. The summed E-state index contributed by atoms with van der Waals surface area (Å²) < 4.78 is 5.77. The molecule has 0 bridgehead atoms. The van der Waals surface area contributed by atoms with Gasteiger partial charge in [-0.15, -0.1) is 0 Å². The number of nitrogens with one attached hydrogen (secondary N) is 1. The van der Waals surface area contributed by atoms with E-state index < -0.39 is 5.97 Å². The second kappa shape index (κ2) is 8.53. The number of ether oxygens (including phenoxy) is 1. The summed E-state index contributed by atoms with van der Waals surface area (Å²) in [6.45, 7) is -0.280. The van der Waals surface area contributed by atoms with Crippen LogP contribution in [0.5, 0.6) is 0 Å². The molecule has 4 nitrogen and oxygen atoms in total. The zero-order chi connectivity index (χ0) is 15.9. The summed E-state index contributed by atoms with van der Waals surface area (Å²) in [5, 5.41) is 3.24. The van der Waals surface area contributed by atoms with Gasteiger partial charge < -0.3 is 10.1 Å². The summed E-state index contributed by atoms with van der Waals surface area (Å²) in [6, 6.07) is 5.11. The number of rotatable bonds is 4. The minimum Gasteiger partial charge on any atom is -0.452 e. The van der Waals surface area contributed by atoms with Crippen molar-refractivity contribution < 1.29 is 14.3 Å². The van der Waals surface area contributed by atoms with Crippen LogP contribution in [0.3, 0.4) is 0 Å². The fraction of sp³-hybridized carbons (Fsp3) is 0.500. The molecule has 22 heavy (non-hydrogen) atoms. The third-order valence-electron chi connectivity index (χ3n) is 3.70. The molecule has 1 aromatic carbocycles. The van der Waals surface area contributed by atoms with Gasteiger partial charge in [-0.25, -0.2) is 4.79 Å². The molecule has 0 radical (unpaired) electrons. The summed E-state index contributed by atoms with van der Waals surface area (Å²) in [6.07, 6.45) is 6.72. The standard InChI is InChI=1S/C16H19BrClNO3/c17-11-7-8-14(18)13(9-11)16(21)22-10-15(20)19-12-5-3-1-2-4-6-12/h7-9,12H,1-6,10H2,(H,19,20). The lowest BCUT2D eigenvalue weighted by atomic mass is 10.1. The van der Waals surface area contributed by atoms with Gasteiger partial charge in [-0.2, -0.15) is 0 Å². The van der Waals surface area contributed by atoms with Crippen molar-refractivity contribution in [2.75, 3.05) is 6.61 Å². The Morgan fingerprint density at radius 2 is 1.91 bits per heavy atom. The Labute approximate surface area is 143 Å². The molecule has 0 atom stereocenters. The molecule has 1 fully saturated rings. The first kappa shape index (κ1) is 17.3. The molecule has 0 aliphatic heterocycles. The molecule has 6 heteroatoms. The van der Waals surface area contributed by atoms with Crippen molar-refractivity contribution in [3.8, 4) is 0 Å². The van der Waals surface area contributed by atoms with Crippen LogP contribution >= 0.6 is 27.5 Å². The normalized spacial score (nSPS) is 15.9. The van der Waals surface area contributed by atoms with Gasteiger partial charge in [-0.05, 0) is 31.0 Å². The van der Waals surface area contributed by atoms with E-state index in [-0.39, 0.29) is 24.1 Å². The topological polar surface area (TPSA) is 55.4 Å². The van der Waals surface area contributed by atoms with E-state index in [1.807, 2.05) is 0 Å². The quantitative estimate of drug-likeness (QED) is 0.624. The molecular weight excluding hydrogens is 370 g/mol. The van der Waals surface area contributed by atoms with Gasteiger partial charge >= 0.3 is 5.97 Å². The maximum absolute atomic E-state index is 12.0. The fourth-order valence-corrected chi connectivity index (χ4v) is 3.11. The first-order valence-electron chi connectivity index (χ1n) is 7.48. The summed E-state index contributed by atoms with van der Waals surface area (Å²) in [5.74, 6) is -0.853. The smallest absolute Gasteiger partial charge is 0.340 e. The van der Waals surface area contributed by atoms with Gasteiger partial charge in [0.1, 0.15) is 0 Å². The van der Waals surface area contributed by atoms with E-state index in [0.717, 1.165) is 30.2 Å². The van der Waals surface area contributed by atoms with Crippen LogP contribution in [0.2, 0.25) is 5.02 Å². The average Bonchev–Trinajstić information content (AvgIpc) is 2.76. The summed E-state index contributed by atoms with van der Waals surface area (Å²) in [5.41, 5.74) is 0.248. The fourth-order valence-electron chi connectivity index (χ4n) is 2.56. The third kappa shape index (κ3) is 5.29. The van der Waals surface area contributed by atoms with Crippen LogP contribution in [0, 0.1) is 0 Å². The molecule has 120 valence electrons. The predicted molar refractivity (Wildman–Crippen MR) is 89.1 cm³/mol. The van der Waals surface area contributed by atoms with E-state index in [9.17, 15) is 9.59 Å². The van der Waals surface area contributed by atoms with Crippen LogP contribution in [-0.2, 0) is 9.53 Å². The Balaban J connectivity index is 1.82. The SMILES string of the molecule is O=C(COC(=O)c1cc(Br)ccc1Cl)NC1CCCCCC1. The van der Waals surface area contributed by atoms with Crippen LogP contribution < -0.4 is 5.32 Å². The highest BCUT2D eigenvalue weighted by atomic mass is 79.9. The van der Waals surface area contributed by atoms with E-state index in [1.165, 1.54) is 12.8 Å². The van der Waals surface area contributed by atoms with Crippen molar-refractivity contribution in [3.05, 3.63) is 33.3 Å². The Morgan fingerprint density at radius 3 is 2.59 bits per heavy atom. The minimum absolute atomic E-state index is 0.197. The molecule has 1 aliphatic carbocycles. The molecular formula is C16H19BrClNO3. The van der Waals surface area contributed by atoms with Crippen molar-refractivity contribution in [1.82, 2.24) is 5.32 Å². The number of amides is 1. The summed E-state index contributed by atoms with van der Waals surface area (Å²) in [4.78, 5) is 23.8. The van der Waals surface area contributed by atoms with Crippen LogP contribution in [0.4, 0.5) is 0 Å². The average molecular weight is 389 g/mol. The van der Waals surface area contributed by atoms with E-state index in [4.69, 9.17) is 16.3 Å². The van der Waals surface area contributed by atoms with E-state index in [0.29, 0.717) is 5.02 Å². The number of hydrogen-bond acceptors (Lipinski definition) is 3. The number of carbonyl (C=O) groups excluding carboxylic acids is 2. The number of carbonyl (C=O) groups is 2. The second-order valence-electron chi connectivity index (χ2n) is 5.46. The van der Waals surface area contributed by atoms with Crippen LogP contribution in [-0.4, -0.2) is 24.5 Å². The molecule has 1 aromatic rings. The zero-order valence-electron chi connectivity index (χ0n) is 12.2. The van der Waals surface area contributed by atoms with Crippen molar-refractivity contribution >= 4 is 39.4 Å². The first-order valence-corrected chi connectivity index (χ1v) is 8.65. The Bertz CT molecular complexity index is 542. The van der Waals surface area contributed by atoms with Crippen LogP contribution in [0.15, 0.2) is 22.7 Å². The molecule has 0 spiro atoms. The number of hydrogen-bond donors (Lipinski definition) is 1. The lowest BCUT2D eigenvalue weighted by Crippen LogP contribution is -2.37. The second-order valence-corrected chi connectivity index (χ2v) is 6.78. The van der Waals surface area contributed by atoms with Gasteiger partial charge in [0.2, 0.25) is 0 Å². The van der Waals surface area contributed by atoms with Gasteiger partial charge in [0, 0.05) is 10.5 Å². The monoisotopic (exact) mass is 387 g/mol. The molecule has 0 heterocycles. The van der Waals surface area contributed by atoms with Gasteiger partial charge in [-0.1, -0.05) is 53.2 Å². The van der Waals surface area contributed by atoms with Crippen LogP contribution in [0.1, 0.15) is 48.9 Å². The number of esters is 1.